The number of fused-ring (bicyclic) bond motifs is 2. The van der Waals surface area contributed by atoms with Crippen molar-refractivity contribution < 1.29 is 9.53 Å². The molecule has 5 aromatic rings. The summed E-state index contributed by atoms with van der Waals surface area (Å²) in [6.07, 6.45) is 12.0. The van der Waals surface area contributed by atoms with Gasteiger partial charge >= 0.3 is 0 Å². The fourth-order valence-electron chi connectivity index (χ4n) is 9.18. The van der Waals surface area contributed by atoms with E-state index in [9.17, 15) is 4.79 Å². The fourth-order valence-corrected chi connectivity index (χ4v) is 9.18. The lowest BCUT2D eigenvalue weighted by molar-refractivity contribution is -0.0204. The Morgan fingerprint density at radius 3 is 2.62 bits per heavy atom. The molecule has 4 atom stereocenters. The molecular weight excluding hydrogens is 602 g/mol. The molecule has 10 rings (SSSR count). The molecular formula is C37H39N9O2. The van der Waals surface area contributed by atoms with E-state index in [0.717, 1.165) is 96.1 Å². The lowest BCUT2D eigenvalue weighted by Crippen LogP contribution is -2.53. The summed E-state index contributed by atoms with van der Waals surface area (Å²) in [5.41, 5.74) is 5.23. The minimum Gasteiger partial charge on any atom is -0.494 e. The molecule has 2 aliphatic heterocycles. The van der Waals surface area contributed by atoms with Crippen LogP contribution in [0.4, 0.5) is 5.82 Å². The Kier molecular flexibility index (Phi) is 6.24. The smallest absolute Gasteiger partial charge is 0.254 e. The average Bonchev–Trinajstić information content (AvgIpc) is 3.72. The van der Waals surface area contributed by atoms with Crippen LogP contribution in [0.15, 0.2) is 53.9 Å². The number of aromatic nitrogens is 6. The maximum atomic E-state index is 14.0. The Morgan fingerprint density at radius 1 is 0.979 bits per heavy atom. The predicted molar refractivity (Wildman–Crippen MR) is 184 cm³/mol. The van der Waals surface area contributed by atoms with Gasteiger partial charge in [-0.1, -0.05) is 0 Å². The van der Waals surface area contributed by atoms with Crippen LogP contribution in [0.1, 0.15) is 41.7 Å². The van der Waals surface area contributed by atoms with Gasteiger partial charge in [0.2, 0.25) is 0 Å². The van der Waals surface area contributed by atoms with Gasteiger partial charge < -0.3 is 23.7 Å². The van der Waals surface area contributed by atoms with Crippen LogP contribution in [0.3, 0.4) is 0 Å². The quantitative estimate of drug-likeness (QED) is 0.210. The van der Waals surface area contributed by atoms with Crippen molar-refractivity contribution in [1.82, 2.24) is 34.0 Å². The van der Waals surface area contributed by atoms with Crippen LogP contribution >= 0.6 is 0 Å². The Labute approximate surface area is 278 Å². The predicted octanol–water partition coefficient (Wildman–Crippen LogP) is 4.93. The van der Waals surface area contributed by atoms with Gasteiger partial charge in [0.1, 0.15) is 22.6 Å². The summed E-state index contributed by atoms with van der Waals surface area (Å²) in [4.78, 5) is 41.9. The Bertz CT molecular complexity index is 2120. The average molecular weight is 642 g/mol. The summed E-state index contributed by atoms with van der Waals surface area (Å²) in [5.74, 6) is 5.82. The molecule has 6 heterocycles. The number of pyridine rings is 1. The number of rotatable bonds is 9. The molecule has 5 fully saturated rings. The molecule has 1 aromatic carbocycles. The third-order valence-corrected chi connectivity index (χ3v) is 11.7. The van der Waals surface area contributed by atoms with E-state index < -0.39 is 0 Å². The largest absolute Gasteiger partial charge is 0.494 e. The minimum atomic E-state index is 0.112. The number of hydrogen-bond acceptors (Lipinski definition) is 8. The van der Waals surface area contributed by atoms with Gasteiger partial charge in [-0.05, 0) is 79.7 Å². The van der Waals surface area contributed by atoms with Crippen molar-refractivity contribution >= 4 is 40.0 Å². The normalized spacial score (nSPS) is 24.6. The maximum Gasteiger partial charge on any atom is 0.254 e. The molecule has 11 nitrogen and oxygen atoms in total. The molecule has 2 saturated heterocycles. The number of anilines is 1. The van der Waals surface area contributed by atoms with Crippen LogP contribution in [0.2, 0.25) is 0 Å². The summed E-state index contributed by atoms with van der Waals surface area (Å²) in [6.45, 7) is 4.24. The Hall–Kier alpha value is -4.80. The monoisotopic (exact) mass is 641 g/mol. The van der Waals surface area contributed by atoms with E-state index in [0.29, 0.717) is 35.1 Å². The van der Waals surface area contributed by atoms with E-state index in [2.05, 4.69) is 46.0 Å². The van der Waals surface area contributed by atoms with Crippen molar-refractivity contribution in [1.29, 1.82) is 0 Å². The number of methoxy groups -OCH3 is 1. The first-order chi connectivity index (χ1) is 23.6. The molecule has 4 aromatic heterocycles. The minimum absolute atomic E-state index is 0.112. The van der Waals surface area contributed by atoms with Crippen molar-refractivity contribution in [2.75, 3.05) is 38.7 Å². The fraction of sp³-hybridized carbons (Fsp3) is 0.459. The Balaban J connectivity index is 1.06. The zero-order valence-corrected chi connectivity index (χ0v) is 27.4. The number of imidazole rings is 1. The van der Waals surface area contributed by atoms with Crippen molar-refractivity contribution in [2.24, 2.45) is 34.6 Å². The molecule has 3 saturated carbocycles. The van der Waals surface area contributed by atoms with Gasteiger partial charge in [0.25, 0.3) is 5.91 Å². The van der Waals surface area contributed by atoms with E-state index >= 15 is 0 Å². The van der Waals surface area contributed by atoms with Crippen LogP contribution in [0.5, 0.6) is 5.75 Å². The van der Waals surface area contributed by atoms with Crippen molar-refractivity contribution in [3.8, 4) is 17.3 Å². The maximum absolute atomic E-state index is 14.0. The first kappa shape index (κ1) is 28.2. The summed E-state index contributed by atoms with van der Waals surface area (Å²) in [6, 6.07) is 10.7. The molecule has 3 aliphatic carbocycles. The molecule has 0 N–H and O–H groups in total. The lowest BCUT2D eigenvalue weighted by Gasteiger charge is -2.52. The number of benzene rings is 1. The van der Waals surface area contributed by atoms with Crippen LogP contribution in [0, 0.1) is 29.6 Å². The summed E-state index contributed by atoms with van der Waals surface area (Å²) in [7, 11) is 3.46. The van der Waals surface area contributed by atoms with Gasteiger partial charge in [0, 0.05) is 81.3 Å². The zero-order chi connectivity index (χ0) is 32.1. The summed E-state index contributed by atoms with van der Waals surface area (Å²) >= 11 is 0. The number of carbonyl (C=O) groups is 1. The number of hydrogen-bond donors (Lipinski definition) is 0. The highest BCUT2D eigenvalue weighted by Crippen LogP contribution is 2.60. The highest BCUT2D eigenvalue weighted by Gasteiger charge is 2.61. The summed E-state index contributed by atoms with van der Waals surface area (Å²) < 4.78 is 10.8. The van der Waals surface area contributed by atoms with Gasteiger partial charge in [0.05, 0.1) is 24.5 Å². The molecule has 48 heavy (non-hydrogen) atoms. The molecule has 1 amide bonds. The van der Waals surface area contributed by atoms with Crippen molar-refractivity contribution in [3.05, 3.63) is 60.2 Å². The second-order valence-corrected chi connectivity index (χ2v) is 14.6. The Morgan fingerprint density at radius 2 is 1.83 bits per heavy atom. The lowest BCUT2D eigenvalue weighted by atomic mass is 9.53. The zero-order valence-electron chi connectivity index (χ0n) is 27.4. The molecule has 0 bridgehead atoms. The standard InChI is InChI=1S/C37H39N9O2/c1-38-15-28-35(41-9-8-39-28)43-16-22(17-43)19-46-33-27(42-36(46)30-12-23-4-3-7-40-34(23)44(30)18-21-5-6-21)11-25(14-31(33)48-2)37(47)45-20-26-10-24-13-29(45)32(24)26/h3-4,7-9,11-12,14-15,21-22,24,26,29,32H,5-6,10,13,16-20H2,1-2H3/b38-15+/t24?,26?,29?,32-/m1/s1. The van der Waals surface area contributed by atoms with Crippen LogP contribution in [0.25, 0.3) is 33.6 Å². The molecule has 0 spiro atoms. The number of ether oxygens (including phenoxy) is 1. The number of aliphatic imine (C=N–C) groups is 1. The highest BCUT2D eigenvalue weighted by atomic mass is 16.5. The van der Waals surface area contributed by atoms with E-state index in [-0.39, 0.29) is 5.91 Å². The van der Waals surface area contributed by atoms with E-state index in [1.165, 1.54) is 19.3 Å². The van der Waals surface area contributed by atoms with E-state index in [1.54, 1.807) is 32.8 Å². The van der Waals surface area contributed by atoms with Gasteiger partial charge in [0.15, 0.2) is 11.6 Å². The number of amides is 1. The van der Waals surface area contributed by atoms with Crippen LogP contribution in [-0.2, 0) is 13.1 Å². The third-order valence-electron chi connectivity index (χ3n) is 11.7. The van der Waals surface area contributed by atoms with Gasteiger partial charge in [-0.15, -0.1) is 0 Å². The molecule has 5 aliphatic rings. The highest BCUT2D eigenvalue weighted by molar-refractivity contribution is 6.00. The number of nitrogens with zero attached hydrogens (tertiary/aromatic N) is 9. The van der Waals surface area contributed by atoms with Crippen LogP contribution in [-0.4, -0.2) is 85.9 Å². The van der Waals surface area contributed by atoms with Crippen molar-refractivity contribution in [3.63, 3.8) is 0 Å². The molecule has 11 heteroatoms. The number of likely N-dealkylation sites (tertiary alicyclic amines) is 1. The third kappa shape index (κ3) is 4.25. The molecule has 244 valence electrons. The second-order valence-electron chi connectivity index (χ2n) is 14.6. The molecule has 3 unspecified atom stereocenters. The van der Waals surface area contributed by atoms with E-state index in [4.69, 9.17) is 14.7 Å². The van der Waals surface area contributed by atoms with Gasteiger partial charge in [-0.2, -0.15) is 0 Å². The topological polar surface area (TPSA) is 107 Å². The van der Waals surface area contributed by atoms with Crippen LogP contribution < -0.4 is 9.64 Å². The SMILES string of the molecule is C/N=C/c1nccnc1N1CC(Cn2c(-c3cc4cccnc4n3CC3CC3)nc3cc(C(=O)N4CC5CC6CC4[C@H]65)cc(OC)c32)C1. The van der Waals surface area contributed by atoms with E-state index in [1.807, 2.05) is 24.4 Å². The van der Waals surface area contributed by atoms with Gasteiger partial charge in [-0.3, -0.25) is 9.79 Å². The van der Waals surface area contributed by atoms with Gasteiger partial charge in [-0.25, -0.2) is 19.9 Å². The first-order valence-corrected chi connectivity index (χ1v) is 17.4. The summed E-state index contributed by atoms with van der Waals surface area (Å²) in [5, 5.41) is 1.11. The van der Waals surface area contributed by atoms with Crippen molar-refractivity contribution in [2.45, 2.75) is 44.8 Å². The molecule has 0 radical (unpaired) electrons. The number of carbonyl (C=O) groups excluding carboxylic acids is 1. The second kappa shape index (κ2) is 10.6. The first-order valence-electron chi connectivity index (χ1n) is 17.4.